The van der Waals surface area contributed by atoms with Crippen LogP contribution >= 0.6 is 0 Å². The standard InChI is InChI=1S/C15H25N3/c1-4-16-13-7-8-17-14(10-13)11-18-9-5-6-15(18)12(2)3/h7-8,10,12,15H,4-6,9,11H2,1-3H3,(H,16,17). The first kappa shape index (κ1) is 13.3. The van der Waals surface area contributed by atoms with E-state index in [0.717, 1.165) is 25.0 Å². The first-order valence-corrected chi connectivity index (χ1v) is 7.13. The van der Waals surface area contributed by atoms with Gasteiger partial charge in [-0.15, -0.1) is 0 Å². The van der Waals surface area contributed by atoms with Crippen molar-refractivity contribution in [3.05, 3.63) is 24.0 Å². The van der Waals surface area contributed by atoms with E-state index in [0.29, 0.717) is 0 Å². The lowest BCUT2D eigenvalue weighted by Crippen LogP contribution is -2.33. The number of aromatic nitrogens is 1. The van der Waals surface area contributed by atoms with Crippen LogP contribution < -0.4 is 5.32 Å². The topological polar surface area (TPSA) is 28.2 Å². The van der Waals surface area contributed by atoms with Crippen LogP contribution in [0.25, 0.3) is 0 Å². The highest BCUT2D eigenvalue weighted by Gasteiger charge is 2.27. The van der Waals surface area contributed by atoms with Gasteiger partial charge in [0.15, 0.2) is 0 Å². The molecule has 1 unspecified atom stereocenters. The van der Waals surface area contributed by atoms with E-state index in [4.69, 9.17) is 0 Å². The number of likely N-dealkylation sites (tertiary alicyclic amines) is 1. The maximum atomic E-state index is 4.50. The number of anilines is 1. The highest BCUT2D eigenvalue weighted by molar-refractivity contribution is 5.42. The first-order valence-electron chi connectivity index (χ1n) is 7.13. The van der Waals surface area contributed by atoms with Crippen LogP contribution in [0.5, 0.6) is 0 Å². The monoisotopic (exact) mass is 247 g/mol. The fourth-order valence-electron chi connectivity index (χ4n) is 2.89. The zero-order chi connectivity index (χ0) is 13.0. The van der Waals surface area contributed by atoms with E-state index in [-0.39, 0.29) is 0 Å². The second-order valence-electron chi connectivity index (χ2n) is 5.49. The summed E-state index contributed by atoms with van der Waals surface area (Å²) in [6.45, 7) is 9.94. The molecule has 1 atom stereocenters. The van der Waals surface area contributed by atoms with Gasteiger partial charge in [0.2, 0.25) is 0 Å². The number of pyridine rings is 1. The van der Waals surface area contributed by atoms with Crippen molar-refractivity contribution in [3.8, 4) is 0 Å². The first-order chi connectivity index (χ1) is 8.70. The van der Waals surface area contributed by atoms with Crippen LogP contribution in [-0.2, 0) is 6.54 Å². The number of hydrogen-bond donors (Lipinski definition) is 1. The van der Waals surface area contributed by atoms with Gasteiger partial charge < -0.3 is 5.32 Å². The van der Waals surface area contributed by atoms with E-state index in [1.807, 2.05) is 12.3 Å². The number of hydrogen-bond acceptors (Lipinski definition) is 3. The van der Waals surface area contributed by atoms with Gasteiger partial charge in [-0.3, -0.25) is 9.88 Å². The number of rotatable bonds is 5. The molecule has 0 aromatic carbocycles. The van der Waals surface area contributed by atoms with E-state index >= 15 is 0 Å². The normalized spacial score (nSPS) is 20.6. The van der Waals surface area contributed by atoms with E-state index in [1.165, 1.54) is 30.8 Å². The molecule has 0 spiro atoms. The minimum absolute atomic E-state index is 0.731. The molecule has 18 heavy (non-hydrogen) atoms. The Labute approximate surface area is 111 Å². The van der Waals surface area contributed by atoms with Crippen LogP contribution in [0, 0.1) is 5.92 Å². The molecule has 1 N–H and O–H groups in total. The van der Waals surface area contributed by atoms with Gasteiger partial charge in [-0.25, -0.2) is 0 Å². The molecular formula is C15H25N3. The molecule has 0 radical (unpaired) electrons. The van der Waals surface area contributed by atoms with Gasteiger partial charge in [-0.2, -0.15) is 0 Å². The Hall–Kier alpha value is -1.09. The molecule has 0 aliphatic carbocycles. The number of nitrogens with zero attached hydrogens (tertiary/aromatic N) is 2. The quantitative estimate of drug-likeness (QED) is 0.866. The summed E-state index contributed by atoms with van der Waals surface area (Å²) in [7, 11) is 0. The van der Waals surface area contributed by atoms with Crippen LogP contribution in [0.15, 0.2) is 18.3 Å². The van der Waals surface area contributed by atoms with Gasteiger partial charge in [-0.05, 0) is 44.4 Å². The van der Waals surface area contributed by atoms with Gasteiger partial charge in [0.1, 0.15) is 0 Å². The highest BCUT2D eigenvalue weighted by Crippen LogP contribution is 2.25. The predicted octanol–water partition coefficient (Wildman–Crippen LogP) is 3.13. The summed E-state index contributed by atoms with van der Waals surface area (Å²) < 4.78 is 0. The van der Waals surface area contributed by atoms with Crippen LogP contribution in [0.3, 0.4) is 0 Å². The van der Waals surface area contributed by atoms with Crippen LogP contribution in [0.2, 0.25) is 0 Å². The molecule has 1 aromatic heterocycles. The molecule has 1 aliphatic rings. The highest BCUT2D eigenvalue weighted by atomic mass is 15.2. The Bertz CT molecular complexity index is 376. The third-order valence-corrected chi connectivity index (χ3v) is 3.75. The fourth-order valence-corrected chi connectivity index (χ4v) is 2.89. The van der Waals surface area contributed by atoms with Crippen molar-refractivity contribution in [1.29, 1.82) is 0 Å². The third-order valence-electron chi connectivity index (χ3n) is 3.75. The second kappa shape index (κ2) is 6.19. The van der Waals surface area contributed by atoms with Gasteiger partial charge in [0.05, 0.1) is 5.69 Å². The smallest absolute Gasteiger partial charge is 0.0564 e. The SMILES string of the molecule is CCNc1ccnc(CN2CCCC2C(C)C)c1. The zero-order valence-electron chi connectivity index (χ0n) is 11.8. The molecule has 0 amide bonds. The lowest BCUT2D eigenvalue weighted by Gasteiger charge is -2.27. The van der Waals surface area contributed by atoms with Crippen molar-refractivity contribution in [3.63, 3.8) is 0 Å². The summed E-state index contributed by atoms with van der Waals surface area (Å²) in [5.74, 6) is 0.740. The Morgan fingerprint density at radius 2 is 2.33 bits per heavy atom. The van der Waals surface area contributed by atoms with Crippen molar-refractivity contribution in [2.45, 2.75) is 46.2 Å². The second-order valence-corrected chi connectivity index (χ2v) is 5.49. The van der Waals surface area contributed by atoms with E-state index < -0.39 is 0 Å². The summed E-state index contributed by atoms with van der Waals surface area (Å²) in [6.07, 6.45) is 4.58. The predicted molar refractivity (Wildman–Crippen MR) is 76.7 cm³/mol. The molecule has 1 aliphatic heterocycles. The van der Waals surface area contributed by atoms with Crippen molar-refractivity contribution in [1.82, 2.24) is 9.88 Å². The summed E-state index contributed by atoms with van der Waals surface area (Å²) >= 11 is 0. The molecule has 100 valence electrons. The maximum Gasteiger partial charge on any atom is 0.0564 e. The lowest BCUT2D eigenvalue weighted by molar-refractivity contribution is 0.197. The Morgan fingerprint density at radius 3 is 3.06 bits per heavy atom. The molecule has 0 saturated carbocycles. The molecule has 2 rings (SSSR count). The number of nitrogens with one attached hydrogen (secondary N) is 1. The lowest BCUT2D eigenvalue weighted by atomic mass is 10.0. The minimum Gasteiger partial charge on any atom is -0.385 e. The Kier molecular flexibility index (Phi) is 4.59. The van der Waals surface area contributed by atoms with E-state index in [9.17, 15) is 0 Å². The third kappa shape index (κ3) is 3.22. The Balaban J connectivity index is 2.02. The van der Waals surface area contributed by atoms with Crippen molar-refractivity contribution in [2.75, 3.05) is 18.4 Å². The molecular weight excluding hydrogens is 222 g/mol. The summed E-state index contributed by atoms with van der Waals surface area (Å²) in [5.41, 5.74) is 2.36. The van der Waals surface area contributed by atoms with Gasteiger partial charge >= 0.3 is 0 Å². The van der Waals surface area contributed by atoms with Gasteiger partial charge in [0.25, 0.3) is 0 Å². The molecule has 3 heteroatoms. The molecule has 1 fully saturated rings. The maximum absolute atomic E-state index is 4.50. The average Bonchev–Trinajstić information content (AvgIpc) is 2.78. The molecule has 3 nitrogen and oxygen atoms in total. The van der Waals surface area contributed by atoms with Crippen molar-refractivity contribution >= 4 is 5.69 Å². The summed E-state index contributed by atoms with van der Waals surface area (Å²) in [4.78, 5) is 7.08. The summed E-state index contributed by atoms with van der Waals surface area (Å²) in [6, 6.07) is 4.95. The minimum atomic E-state index is 0.731. The fraction of sp³-hybridized carbons (Fsp3) is 0.667. The van der Waals surface area contributed by atoms with Crippen LogP contribution in [0.1, 0.15) is 39.3 Å². The summed E-state index contributed by atoms with van der Waals surface area (Å²) in [5, 5.41) is 3.35. The van der Waals surface area contributed by atoms with Crippen molar-refractivity contribution in [2.24, 2.45) is 5.92 Å². The molecule has 2 heterocycles. The molecule has 1 saturated heterocycles. The van der Waals surface area contributed by atoms with E-state index in [2.05, 4.69) is 42.0 Å². The zero-order valence-corrected chi connectivity index (χ0v) is 11.8. The largest absolute Gasteiger partial charge is 0.385 e. The molecule has 1 aromatic rings. The van der Waals surface area contributed by atoms with E-state index in [1.54, 1.807) is 0 Å². The average molecular weight is 247 g/mol. The van der Waals surface area contributed by atoms with Crippen molar-refractivity contribution < 1.29 is 0 Å². The van der Waals surface area contributed by atoms with Crippen LogP contribution in [0.4, 0.5) is 5.69 Å². The van der Waals surface area contributed by atoms with Gasteiger partial charge in [0, 0.05) is 31.0 Å². The van der Waals surface area contributed by atoms with Crippen LogP contribution in [-0.4, -0.2) is 29.0 Å². The van der Waals surface area contributed by atoms with Gasteiger partial charge in [-0.1, -0.05) is 13.8 Å². The molecule has 0 bridgehead atoms. The Morgan fingerprint density at radius 1 is 1.50 bits per heavy atom.